The molecule has 0 radical (unpaired) electrons. The third-order valence-corrected chi connectivity index (χ3v) is 9.66. The van der Waals surface area contributed by atoms with E-state index < -0.39 is 5.92 Å². The molecule has 4 heterocycles. The number of fused-ring (bicyclic) bond motifs is 1. The fourth-order valence-corrected chi connectivity index (χ4v) is 7.59. The van der Waals surface area contributed by atoms with Crippen molar-refractivity contribution in [2.45, 2.75) is 36.9 Å². The Morgan fingerprint density at radius 1 is 1.25 bits per heavy atom. The molecule has 1 aliphatic heterocycles. The highest BCUT2D eigenvalue weighted by molar-refractivity contribution is 8.01. The zero-order valence-corrected chi connectivity index (χ0v) is 24.0. The van der Waals surface area contributed by atoms with Crippen LogP contribution in [0.15, 0.2) is 74.1 Å². The first-order valence-electron chi connectivity index (χ1n) is 12.4. The second kappa shape index (κ2) is 10.2. The molecule has 0 fully saturated rings. The zero-order valence-electron chi connectivity index (χ0n) is 21.5. The van der Waals surface area contributed by atoms with Crippen LogP contribution in [0.4, 0.5) is 10.3 Å². The van der Waals surface area contributed by atoms with Crippen molar-refractivity contribution in [3.63, 3.8) is 0 Å². The predicted octanol–water partition coefficient (Wildman–Crippen LogP) is 5.41. The molecule has 0 saturated heterocycles. The molecule has 13 heteroatoms. The molecule has 40 heavy (non-hydrogen) atoms. The quantitative estimate of drug-likeness (QED) is 0.279. The van der Waals surface area contributed by atoms with E-state index in [1.54, 1.807) is 17.0 Å². The number of ketones is 1. The Morgan fingerprint density at radius 3 is 2.83 bits per heavy atom. The standard InChI is InChI=1S/C27H23N7O3S3/c1-27(2)10-16-22(17(35)11-27)21(18-7-5-9-37-18)14(12-28)23(29)34(16)25-32-33-26(40-25)38-13-20(36)31-24-30-15-6-3-4-8-19(15)39-24/h3-9,21H,10-11,13,29H2,1-2H3,(H,30,31,36). The highest BCUT2D eigenvalue weighted by Crippen LogP contribution is 2.50. The summed E-state index contributed by atoms with van der Waals surface area (Å²) in [5, 5.41) is 22.5. The lowest BCUT2D eigenvalue weighted by Crippen LogP contribution is -2.42. The molecule has 0 spiro atoms. The molecule has 1 amide bonds. The summed E-state index contributed by atoms with van der Waals surface area (Å²) in [7, 11) is 0. The van der Waals surface area contributed by atoms with E-state index in [1.807, 2.05) is 38.1 Å². The minimum Gasteiger partial charge on any atom is -0.468 e. The second-order valence-corrected chi connectivity index (χ2v) is 13.4. The van der Waals surface area contributed by atoms with Gasteiger partial charge in [-0.1, -0.05) is 60.4 Å². The minimum atomic E-state index is -0.678. The van der Waals surface area contributed by atoms with Crippen molar-refractivity contribution in [1.29, 1.82) is 5.26 Å². The third-order valence-electron chi connectivity index (χ3n) is 6.66. The first kappa shape index (κ1) is 26.2. The normalized spacial score (nSPS) is 18.7. The Hall–Kier alpha value is -3.99. The Balaban J connectivity index is 1.26. The highest BCUT2D eigenvalue weighted by Gasteiger charge is 2.46. The number of para-hydroxylation sites is 1. The molecule has 1 atom stereocenters. The van der Waals surface area contributed by atoms with Crippen molar-refractivity contribution < 1.29 is 14.0 Å². The number of anilines is 2. The van der Waals surface area contributed by atoms with Crippen molar-refractivity contribution in [1.82, 2.24) is 15.2 Å². The lowest BCUT2D eigenvalue weighted by molar-refractivity contribution is -0.118. The molecule has 1 aliphatic carbocycles. The summed E-state index contributed by atoms with van der Waals surface area (Å²) < 4.78 is 7.19. The summed E-state index contributed by atoms with van der Waals surface area (Å²) in [4.78, 5) is 32.2. The molecule has 3 aromatic heterocycles. The summed E-state index contributed by atoms with van der Waals surface area (Å²) in [5.74, 6) is -0.150. The molecular weight excluding hydrogens is 567 g/mol. The number of nitriles is 1. The van der Waals surface area contributed by atoms with Gasteiger partial charge < -0.3 is 15.5 Å². The molecule has 0 bridgehead atoms. The third kappa shape index (κ3) is 4.78. The van der Waals surface area contributed by atoms with Crippen molar-refractivity contribution in [2.24, 2.45) is 11.1 Å². The van der Waals surface area contributed by atoms with Crippen LogP contribution in [0.2, 0.25) is 0 Å². The van der Waals surface area contributed by atoms with Crippen LogP contribution >= 0.6 is 34.4 Å². The summed E-state index contributed by atoms with van der Waals surface area (Å²) in [5.41, 5.74) is 8.55. The number of nitrogens with zero attached hydrogens (tertiary/aromatic N) is 5. The summed E-state index contributed by atoms with van der Waals surface area (Å²) in [6.07, 6.45) is 2.42. The number of thioether (sulfide) groups is 1. The Bertz CT molecular complexity index is 1710. The van der Waals surface area contributed by atoms with Crippen LogP contribution < -0.4 is 16.0 Å². The maximum absolute atomic E-state index is 13.5. The number of furan rings is 1. The molecular formula is C27H23N7O3S3. The average Bonchev–Trinajstić information content (AvgIpc) is 3.67. The first-order chi connectivity index (χ1) is 19.2. The fourth-order valence-electron chi connectivity index (χ4n) is 5.03. The number of rotatable bonds is 6. The van der Waals surface area contributed by atoms with Gasteiger partial charge in [0, 0.05) is 17.7 Å². The van der Waals surface area contributed by atoms with Gasteiger partial charge in [0.15, 0.2) is 15.3 Å². The highest BCUT2D eigenvalue weighted by atomic mass is 32.2. The maximum atomic E-state index is 13.5. The lowest BCUT2D eigenvalue weighted by Gasteiger charge is -2.42. The molecule has 1 aromatic carbocycles. The van der Waals surface area contributed by atoms with Crippen LogP contribution in [0.1, 0.15) is 38.4 Å². The average molecular weight is 590 g/mol. The van der Waals surface area contributed by atoms with Crippen molar-refractivity contribution in [3.05, 3.63) is 71.1 Å². The van der Waals surface area contributed by atoms with Crippen molar-refractivity contribution in [2.75, 3.05) is 16.0 Å². The van der Waals surface area contributed by atoms with Crippen LogP contribution in [0.25, 0.3) is 10.2 Å². The number of hydrogen-bond donors (Lipinski definition) is 2. The number of carbonyl (C=O) groups is 2. The predicted molar refractivity (Wildman–Crippen MR) is 155 cm³/mol. The molecule has 202 valence electrons. The van der Waals surface area contributed by atoms with E-state index in [-0.39, 0.29) is 34.3 Å². The number of hydrogen-bond acceptors (Lipinski definition) is 12. The molecule has 4 aromatic rings. The van der Waals surface area contributed by atoms with Crippen LogP contribution in [0.5, 0.6) is 0 Å². The fraction of sp³-hybridized carbons (Fsp3) is 0.259. The number of allylic oxidation sites excluding steroid dienone is 3. The molecule has 6 rings (SSSR count). The summed E-state index contributed by atoms with van der Waals surface area (Å²) >= 11 is 3.90. The number of benzene rings is 1. The van der Waals surface area contributed by atoms with Gasteiger partial charge in [-0.15, -0.1) is 10.2 Å². The first-order valence-corrected chi connectivity index (χ1v) is 15.0. The van der Waals surface area contributed by atoms with E-state index in [2.05, 4.69) is 26.6 Å². The number of amides is 1. The van der Waals surface area contributed by atoms with E-state index in [1.165, 1.54) is 40.7 Å². The number of nitrogens with two attached hydrogens (primary N) is 1. The minimum absolute atomic E-state index is 0.0523. The van der Waals surface area contributed by atoms with Crippen LogP contribution in [0, 0.1) is 16.7 Å². The van der Waals surface area contributed by atoms with Crippen molar-refractivity contribution >= 4 is 66.6 Å². The van der Waals surface area contributed by atoms with E-state index in [0.717, 1.165) is 10.2 Å². The number of thiazole rings is 1. The van der Waals surface area contributed by atoms with E-state index in [4.69, 9.17) is 10.2 Å². The maximum Gasteiger partial charge on any atom is 0.236 e. The van der Waals surface area contributed by atoms with Gasteiger partial charge in [-0.2, -0.15) is 5.26 Å². The summed E-state index contributed by atoms with van der Waals surface area (Å²) in [6, 6.07) is 13.4. The van der Waals surface area contributed by atoms with Gasteiger partial charge in [0.25, 0.3) is 0 Å². The van der Waals surface area contributed by atoms with Crippen LogP contribution in [-0.4, -0.2) is 32.6 Å². The van der Waals surface area contributed by atoms with E-state index in [0.29, 0.717) is 44.5 Å². The SMILES string of the molecule is CC1(C)CC(=O)C2=C(C1)N(c1nnc(SCC(=O)Nc3nc4ccccc4s3)s1)C(N)=C(C#N)C2c1ccco1. The van der Waals surface area contributed by atoms with Crippen LogP contribution in [0.3, 0.4) is 0 Å². The van der Waals surface area contributed by atoms with E-state index in [9.17, 15) is 14.9 Å². The van der Waals surface area contributed by atoms with Crippen LogP contribution in [-0.2, 0) is 9.59 Å². The topological polar surface area (TPSA) is 151 Å². The number of aromatic nitrogens is 3. The number of nitrogens with one attached hydrogen (secondary N) is 1. The van der Waals surface area contributed by atoms with Gasteiger partial charge in [0.2, 0.25) is 11.0 Å². The number of Topliss-reactive ketones (excluding diaryl/α,β-unsaturated/α-hetero) is 1. The smallest absolute Gasteiger partial charge is 0.236 e. The largest absolute Gasteiger partial charge is 0.468 e. The Kier molecular flexibility index (Phi) is 6.69. The van der Waals surface area contributed by atoms with Gasteiger partial charge in [-0.3, -0.25) is 14.5 Å². The lowest BCUT2D eigenvalue weighted by atomic mass is 9.69. The second-order valence-electron chi connectivity index (χ2n) is 10.2. The Morgan fingerprint density at radius 2 is 2.08 bits per heavy atom. The Labute approximate surface area is 241 Å². The van der Waals surface area contributed by atoms with Gasteiger partial charge in [0.1, 0.15) is 11.6 Å². The number of carbonyl (C=O) groups excluding carboxylic acids is 2. The molecule has 2 aliphatic rings. The van der Waals surface area contributed by atoms with Gasteiger partial charge >= 0.3 is 0 Å². The van der Waals surface area contributed by atoms with Crippen molar-refractivity contribution in [3.8, 4) is 6.07 Å². The molecule has 3 N–H and O–H groups in total. The molecule has 1 unspecified atom stereocenters. The molecule has 10 nitrogen and oxygen atoms in total. The van der Waals surface area contributed by atoms with Gasteiger partial charge in [-0.05, 0) is 36.1 Å². The zero-order chi connectivity index (χ0) is 28.0. The van der Waals surface area contributed by atoms with E-state index >= 15 is 0 Å². The monoisotopic (exact) mass is 589 g/mol. The molecule has 0 saturated carbocycles. The van der Waals surface area contributed by atoms with Gasteiger partial charge in [0.05, 0.1) is 39.8 Å². The van der Waals surface area contributed by atoms with Gasteiger partial charge in [-0.25, -0.2) is 4.98 Å². The summed E-state index contributed by atoms with van der Waals surface area (Å²) in [6.45, 7) is 4.06.